The van der Waals surface area contributed by atoms with E-state index in [1.165, 1.54) is 21.8 Å². The van der Waals surface area contributed by atoms with E-state index in [4.69, 9.17) is 4.98 Å². The third-order valence-corrected chi connectivity index (χ3v) is 5.40. The van der Waals surface area contributed by atoms with E-state index in [0.717, 1.165) is 44.0 Å². The molecule has 0 saturated heterocycles. The van der Waals surface area contributed by atoms with Gasteiger partial charge in [-0.05, 0) is 43.2 Å². The van der Waals surface area contributed by atoms with Crippen LogP contribution in [0.1, 0.15) is 21.8 Å². The molecule has 0 spiro atoms. The molecule has 3 aromatic rings. The Bertz CT molecular complexity index is 837. The second-order valence-corrected chi connectivity index (χ2v) is 7.87. The Labute approximate surface area is 152 Å². The largest absolute Gasteiger partial charge is 0.340 e. The van der Waals surface area contributed by atoms with Gasteiger partial charge in [0, 0.05) is 55.4 Å². The van der Waals surface area contributed by atoms with Crippen molar-refractivity contribution in [3.63, 3.8) is 0 Å². The highest BCUT2D eigenvalue weighted by Crippen LogP contribution is 2.25. The number of pyridine rings is 1. The number of imidazole rings is 1. The molecule has 4 rings (SSSR count). The molecule has 1 aliphatic rings. The van der Waals surface area contributed by atoms with Gasteiger partial charge in [0.15, 0.2) is 0 Å². The number of H-pyrrole nitrogens is 1. The van der Waals surface area contributed by atoms with Crippen LogP contribution in [0.3, 0.4) is 0 Å². The number of nitrogens with one attached hydrogen (secondary N) is 1. The van der Waals surface area contributed by atoms with Crippen molar-refractivity contribution < 1.29 is 0 Å². The van der Waals surface area contributed by atoms with Gasteiger partial charge in [0.05, 0.1) is 11.4 Å². The van der Waals surface area contributed by atoms with Crippen molar-refractivity contribution in [2.75, 3.05) is 20.6 Å². The number of nitrogens with zero attached hydrogens (tertiary/aromatic N) is 4. The standard InChI is InChI=1S/C19H23N5S/c1-23(2)10-14-8-16(25-13-14)11-24-7-5-17-18(12-24)22-19(21-17)15-4-3-6-20-9-15/h3-4,6,8-9,13H,5,7,10-12H2,1-2H3,(H,21,22). The molecule has 0 amide bonds. The van der Waals surface area contributed by atoms with Crippen molar-refractivity contribution in [2.24, 2.45) is 0 Å². The lowest BCUT2D eigenvalue weighted by Gasteiger charge is -2.25. The van der Waals surface area contributed by atoms with Crippen molar-refractivity contribution in [3.8, 4) is 11.4 Å². The van der Waals surface area contributed by atoms with Crippen molar-refractivity contribution in [2.45, 2.75) is 26.1 Å². The van der Waals surface area contributed by atoms with Gasteiger partial charge < -0.3 is 9.88 Å². The molecule has 6 heteroatoms. The fourth-order valence-electron chi connectivity index (χ4n) is 3.30. The average Bonchev–Trinajstić information content (AvgIpc) is 3.21. The smallest absolute Gasteiger partial charge is 0.139 e. The summed E-state index contributed by atoms with van der Waals surface area (Å²) in [5, 5.41) is 2.28. The zero-order valence-corrected chi connectivity index (χ0v) is 15.5. The highest BCUT2D eigenvalue weighted by Gasteiger charge is 2.21. The first-order valence-electron chi connectivity index (χ1n) is 8.59. The minimum Gasteiger partial charge on any atom is -0.340 e. The Morgan fingerprint density at radius 3 is 3.08 bits per heavy atom. The molecule has 0 aromatic carbocycles. The summed E-state index contributed by atoms with van der Waals surface area (Å²) in [6.07, 6.45) is 4.65. The highest BCUT2D eigenvalue weighted by atomic mass is 32.1. The lowest BCUT2D eigenvalue weighted by Crippen LogP contribution is -2.29. The molecule has 0 bridgehead atoms. The van der Waals surface area contributed by atoms with E-state index in [9.17, 15) is 0 Å². The quantitative estimate of drug-likeness (QED) is 0.765. The third-order valence-electron chi connectivity index (χ3n) is 4.43. The Kier molecular flexibility index (Phi) is 4.65. The molecule has 25 heavy (non-hydrogen) atoms. The predicted molar refractivity (Wildman–Crippen MR) is 101 cm³/mol. The molecule has 0 saturated carbocycles. The van der Waals surface area contributed by atoms with E-state index in [2.05, 4.69) is 45.3 Å². The van der Waals surface area contributed by atoms with Crippen molar-refractivity contribution in [1.29, 1.82) is 0 Å². The lowest BCUT2D eigenvalue weighted by molar-refractivity contribution is 0.243. The van der Waals surface area contributed by atoms with Crippen LogP contribution in [0, 0.1) is 0 Å². The van der Waals surface area contributed by atoms with E-state index in [1.807, 2.05) is 29.7 Å². The first-order valence-corrected chi connectivity index (χ1v) is 9.47. The monoisotopic (exact) mass is 353 g/mol. The molecule has 0 fully saturated rings. The van der Waals surface area contributed by atoms with Gasteiger partial charge in [0.2, 0.25) is 0 Å². The lowest BCUT2D eigenvalue weighted by atomic mass is 10.1. The number of aromatic nitrogens is 3. The summed E-state index contributed by atoms with van der Waals surface area (Å²) in [6, 6.07) is 6.34. The van der Waals surface area contributed by atoms with Crippen LogP contribution >= 0.6 is 11.3 Å². The molecule has 1 N–H and O–H groups in total. The number of thiophene rings is 1. The van der Waals surface area contributed by atoms with Gasteiger partial charge in [0.1, 0.15) is 5.82 Å². The average molecular weight is 353 g/mol. The molecule has 1 aliphatic heterocycles. The SMILES string of the molecule is CN(C)Cc1csc(CN2CCc3nc(-c4cccnc4)[nH]c3C2)c1. The fraction of sp³-hybridized carbons (Fsp3) is 0.368. The number of hydrogen-bond acceptors (Lipinski definition) is 5. The minimum absolute atomic E-state index is 0.934. The summed E-state index contributed by atoms with van der Waals surface area (Å²) < 4.78 is 0. The van der Waals surface area contributed by atoms with Gasteiger partial charge in [-0.2, -0.15) is 0 Å². The Morgan fingerprint density at radius 1 is 1.36 bits per heavy atom. The molecular formula is C19H23N5S. The molecule has 130 valence electrons. The van der Waals surface area contributed by atoms with Crippen molar-refractivity contribution in [1.82, 2.24) is 24.8 Å². The Morgan fingerprint density at radius 2 is 2.28 bits per heavy atom. The van der Waals surface area contributed by atoms with E-state index in [0.29, 0.717) is 0 Å². The summed E-state index contributed by atoms with van der Waals surface area (Å²) in [5.74, 6) is 0.935. The van der Waals surface area contributed by atoms with Crippen LogP contribution < -0.4 is 0 Å². The van der Waals surface area contributed by atoms with Crippen LogP contribution in [0.4, 0.5) is 0 Å². The maximum absolute atomic E-state index is 4.77. The van der Waals surface area contributed by atoms with Crippen LogP contribution in [-0.4, -0.2) is 45.4 Å². The van der Waals surface area contributed by atoms with Gasteiger partial charge in [0.25, 0.3) is 0 Å². The van der Waals surface area contributed by atoms with Crippen LogP contribution in [0.15, 0.2) is 36.0 Å². The third kappa shape index (κ3) is 3.81. The Balaban J connectivity index is 1.44. The fourth-order valence-corrected chi connectivity index (χ4v) is 4.22. The summed E-state index contributed by atoms with van der Waals surface area (Å²) in [4.78, 5) is 18.6. The van der Waals surface area contributed by atoms with E-state index in [1.54, 1.807) is 6.20 Å². The minimum atomic E-state index is 0.934. The number of rotatable bonds is 5. The molecule has 3 aromatic heterocycles. The zero-order valence-electron chi connectivity index (χ0n) is 14.7. The number of aromatic amines is 1. The summed E-state index contributed by atoms with van der Waals surface area (Å²) in [5.41, 5.74) is 4.91. The van der Waals surface area contributed by atoms with Gasteiger partial charge in [-0.25, -0.2) is 4.98 Å². The van der Waals surface area contributed by atoms with Gasteiger partial charge >= 0.3 is 0 Å². The van der Waals surface area contributed by atoms with Gasteiger partial charge in [-0.3, -0.25) is 9.88 Å². The van der Waals surface area contributed by atoms with Crippen LogP contribution in [0.25, 0.3) is 11.4 Å². The second-order valence-electron chi connectivity index (χ2n) is 6.87. The molecule has 0 radical (unpaired) electrons. The van der Waals surface area contributed by atoms with Crippen LogP contribution in [0.5, 0.6) is 0 Å². The molecule has 4 heterocycles. The van der Waals surface area contributed by atoms with E-state index < -0.39 is 0 Å². The highest BCUT2D eigenvalue weighted by molar-refractivity contribution is 7.10. The molecule has 5 nitrogen and oxygen atoms in total. The van der Waals surface area contributed by atoms with Crippen LogP contribution in [0.2, 0.25) is 0 Å². The van der Waals surface area contributed by atoms with Gasteiger partial charge in [-0.1, -0.05) is 0 Å². The number of hydrogen-bond donors (Lipinski definition) is 1. The van der Waals surface area contributed by atoms with E-state index in [-0.39, 0.29) is 0 Å². The molecule has 0 unspecified atom stereocenters. The first kappa shape index (κ1) is 16.4. The predicted octanol–water partition coefficient (Wildman–Crippen LogP) is 3.15. The topological polar surface area (TPSA) is 48.1 Å². The summed E-state index contributed by atoms with van der Waals surface area (Å²) in [7, 11) is 4.23. The zero-order chi connectivity index (χ0) is 17.2. The first-order chi connectivity index (χ1) is 12.2. The summed E-state index contributed by atoms with van der Waals surface area (Å²) >= 11 is 1.87. The molecule has 0 aliphatic carbocycles. The van der Waals surface area contributed by atoms with Gasteiger partial charge in [-0.15, -0.1) is 11.3 Å². The maximum atomic E-state index is 4.77. The van der Waals surface area contributed by atoms with Crippen molar-refractivity contribution >= 4 is 11.3 Å². The second kappa shape index (κ2) is 7.07. The maximum Gasteiger partial charge on any atom is 0.139 e. The molecule has 0 atom stereocenters. The molecular weight excluding hydrogens is 330 g/mol. The van der Waals surface area contributed by atoms with Crippen molar-refractivity contribution in [3.05, 3.63) is 57.8 Å². The van der Waals surface area contributed by atoms with Crippen LogP contribution in [-0.2, 0) is 26.1 Å². The Hall–Kier alpha value is -2.02. The normalized spacial score (nSPS) is 14.8. The van der Waals surface area contributed by atoms with E-state index >= 15 is 0 Å². The summed E-state index contributed by atoms with van der Waals surface area (Å²) in [6.45, 7) is 4.02. The number of fused-ring (bicyclic) bond motifs is 1.